The molecule has 120 valence electrons. The van der Waals surface area contributed by atoms with Gasteiger partial charge in [0, 0.05) is 6.08 Å². The molecule has 1 amide bonds. The minimum absolute atomic E-state index is 0.241. The maximum absolute atomic E-state index is 11.7. The van der Waals surface area contributed by atoms with E-state index < -0.39 is 27.9 Å². The van der Waals surface area contributed by atoms with E-state index in [9.17, 15) is 19.7 Å². The molecule has 0 fully saturated rings. The molecule has 1 aliphatic rings. The van der Waals surface area contributed by atoms with Crippen molar-refractivity contribution in [2.75, 3.05) is 6.54 Å². The van der Waals surface area contributed by atoms with Gasteiger partial charge >= 0.3 is 5.97 Å². The van der Waals surface area contributed by atoms with Crippen molar-refractivity contribution in [3.63, 3.8) is 0 Å². The first-order chi connectivity index (χ1) is 10.0. The van der Waals surface area contributed by atoms with Crippen LogP contribution in [0.1, 0.15) is 20.8 Å². The van der Waals surface area contributed by atoms with Gasteiger partial charge < -0.3 is 15.7 Å². The molecule has 0 bridgehead atoms. The van der Waals surface area contributed by atoms with Crippen molar-refractivity contribution in [2.45, 2.75) is 20.8 Å². The largest absolute Gasteiger partial charge is 0.478 e. The van der Waals surface area contributed by atoms with Crippen molar-refractivity contribution in [3.05, 3.63) is 33.7 Å². The second-order valence-electron chi connectivity index (χ2n) is 5.48. The molecule has 0 spiro atoms. The van der Waals surface area contributed by atoms with Crippen LogP contribution >= 0.6 is 0 Å². The van der Waals surface area contributed by atoms with E-state index in [1.54, 1.807) is 13.8 Å². The zero-order valence-corrected chi connectivity index (χ0v) is 12.5. The normalized spacial score (nSPS) is 17.4. The highest BCUT2D eigenvalue weighted by Gasteiger charge is 2.43. The van der Waals surface area contributed by atoms with Gasteiger partial charge in [0.15, 0.2) is 0 Å². The topological polar surface area (TPSA) is 151 Å². The van der Waals surface area contributed by atoms with Crippen molar-refractivity contribution in [1.29, 1.82) is 5.41 Å². The lowest BCUT2D eigenvalue weighted by Gasteiger charge is -2.36. The van der Waals surface area contributed by atoms with Crippen LogP contribution in [0.2, 0.25) is 0 Å². The summed E-state index contributed by atoms with van der Waals surface area (Å²) in [5.41, 5.74) is 3.29. The predicted molar refractivity (Wildman–Crippen MR) is 77.4 cm³/mol. The van der Waals surface area contributed by atoms with Crippen LogP contribution in [0.15, 0.2) is 23.5 Å². The number of aliphatic carboxylic acids is 1. The Morgan fingerprint density at radius 3 is 2.45 bits per heavy atom. The number of rotatable bonds is 5. The standard InChI is InChI=1S/C13H18N4O5/c1-7(2)13(3,12(15)20)11(14)16-5-8(10(18)19)4-9(6-16)17(21)22/h4,6-7,14H,5H2,1-3H3,(H2,15,20)(H,18,19). The summed E-state index contributed by atoms with van der Waals surface area (Å²) < 4.78 is 0. The third-order valence-electron chi connectivity index (χ3n) is 3.88. The van der Waals surface area contributed by atoms with Crippen LogP contribution in [0.4, 0.5) is 0 Å². The number of hydrogen-bond donors (Lipinski definition) is 3. The van der Waals surface area contributed by atoms with Crippen LogP contribution in [-0.2, 0) is 9.59 Å². The number of carboxylic acids is 1. The van der Waals surface area contributed by atoms with Gasteiger partial charge in [-0.1, -0.05) is 13.8 Å². The van der Waals surface area contributed by atoms with Gasteiger partial charge in [-0.3, -0.25) is 20.3 Å². The second-order valence-corrected chi connectivity index (χ2v) is 5.48. The van der Waals surface area contributed by atoms with E-state index in [0.29, 0.717) is 0 Å². The first-order valence-corrected chi connectivity index (χ1v) is 6.47. The zero-order chi connectivity index (χ0) is 17.2. The number of nitrogens with one attached hydrogen (secondary N) is 1. The molecule has 0 radical (unpaired) electrons. The average molecular weight is 310 g/mol. The molecular formula is C13H18N4O5. The Morgan fingerprint density at radius 1 is 1.55 bits per heavy atom. The SMILES string of the molecule is CC(C)C(C)(C(=N)N1C=C([N+](=O)[O-])C=C(C(=O)O)C1)C(N)=O. The first kappa shape index (κ1) is 17.3. The number of carboxylic acid groups (broad SMARTS) is 1. The summed E-state index contributed by atoms with van der Waals surface area (Å²) in [6, 6.07) is 0. The highest BCUT2D eigenvalue weighted by molar-refractivity contribution is 6.06. The lowest BCUT2D eigenvalue weighted by Crippen LogP contribution is -2.51. The Balaban J connectivity index is 3.29. The number of nitrogens with two attached hydrogens (primary N) is 1. The lowest BCUT2D eigenvalue weighted by atomic mass is 9.76. The summed E-state index contributed by atoms with van der Waals surface area (Å²) in [4.78, 5) is 34.1. The molecule has 1 rings (SSSR count). The number of carbonyl (C=O) groups excluding carboxylic acids is 1. The van der Waals surface area contributed by atoms with E-state index in [-0.39, 0.29) is 23.9 Å². The molecule has 1 unspecified atom stereocenters. The third kappa shape index (κ3) is 2.97. The van der Waals surface area contributed by atoms with E-state index in [1.165, 1.54) is 6.92 Å². The maximum Gasteiger partial charge on any atom is 0.333 e. The highest BCUT2D eigenvalue weighted by Crippen LogP contribution is 2.31. The van der Waals surface area contributed by atoms with Gasteiger partial charge in [-0.15, -0.1) is 0 Å². The molecule has 1 heterocycles. The van der Waals surface area contributed by atoms with Crippen LogP contribution in [0.3, 0.4) is 0 Å². The van der Waals surface area contributed by atoms with E-state index in [1.807, 2.05) is 0 Å². The monoisotopic (exact) mass is 310 g/mol. The predicted octanol–water partition coefficient (Wildman–Crippen LogP) is 0.556. The van der Waals surface area contributed by atoms with Crippen molar-refractivity contribution in [1.82, 2.24) is 4.90 Å². The van der Waals surface area contributed by atoms with E-state index >= 15 is 0 Å². The fourth-order valence-electron chi connectivity index (χ4n) is 2.00. The summed E-state index contributed by atoms with van der Waals surface area (Å²) in [6.07, 6.45) is 1.97. The van der Waals surface area contributed by atoms with Gasteiger partial charge in [-0.25, -0.2) is 4.79 Å². The molecule has 1 aliphatic heterocycles. The second kappa shape index (κ2) is 5.96. The van der Waals surface area contributed by atoms with E-state index in [2.05, 4.69) is 0 Å². The lowest BCUT2D eigenvalue weighted by molar-refractivity contribution is -0.420. The van der Waals surface area contributed by atoms with Crippen LogP contribution < -0.4 is 5.73 Å². The molecular weight excluding hydrogens is 292 g/mol. The summed E-state index contributed by atoms with van der Waals surface area (Å²) in [5, 5.41) is 28.2. The van der Waals surface area contributed by atoms with Crippen LogP contribution in [0.5, 0.6) is 0 Å². The van der Waals surface area contributed by atoms with Gasteiger partial charge in [-0.2, -0.15) is 0 Å². The van der Waals surface area contributed by atoms with Crippen LogP contribution in [-0.4, -0.2) is 39.2 Å². The van der Waals surface area contributed by atoms with Crippen LogP contribution in [0, 0.1) is 26.9 Å². The number of amides is 1. The number of allylic oxidation sites excluding steroid dienone is 1. The van der Waals surface area contributed by atoms with Gasteiger partial charge in [0.25, 0.3) is 5.70 Å². The zero-order valence-electron chi connectivity index (χ0n) is 12.5. The Kier molecular flexibility index (Phi) is 4.70. The van der Waals surface area contributed by atoms with Crippen molar-refractivity contribution in [3.8, 4) is 0 Å². The van der Waals surface area contributed by atoms with E-state index in [0.717, 1.165) is 17.2 Å². The number of amidine groups is 1. The smallest absolute Gasteiger partial charge is 0.333 e. The molecule has 0 saturated heterocycles. The number of nitrogens with zero attached hydrogens (tertiary/aromatic N) is 2. The summed E-state index contributed by atoms with van der Waals surface area (Å²) in [6.45, 7) is 4.59. The maximum atomic E-state index is 11.7. The quantitative estimate of drug-likeness (QED) is 0.292. The molecule has 22 heavy (non-hydrogen) atoms. The number of carbonyl (C=O) groups is 2. The van der Waals surface area contributed by atoms with E-state index in [4.69, 9.17) is 16.2 Å². The Hall–Kier alpha value is -2.71. The van der Waals surface area contributed by atoms with Gasteiger partial charge in [0.05, 0.1) is 23.2 Å². The summed E-state index contributed by atoms with van der Waals surface area (Å²) in [5.74, 6) is -2.70. The molecule has 4 N–H and O–H groups in total. The van der Waals surface area contributed by atoms with Crippen molar-refractivity contribution < 1.29 is 19.6 Å². The minimum Gasteiger partial charge on any atom is -0.478 e. The first-order valence-electron chi connectivity index (χ1n) is 6.47. The Morgan fingerprint density at radius 2 is 2.09 bits per heavy atom. The molecule has 0 aromatic heterocycles. The fraction of sp³-hybridized carbons (Fsp3) is 0.462. The van der Waals surface area contributed by atoms with Crippen molar-refractivity contribution in [2.24, 2.45) is 17.1 Å². The highest BCUT2D eigenvalue weighted by atomic mass is 16.6. The summed E-state index contributed by atoms with van der Waals surface area (Å²) in [7, 11) is 0. The fourth-order valence-corrected chi connectivity index (χ4v) is 2.00. The Bertz CT molecular complexity index is 608. The molecule has 0 saturated carbocycles. The molecule has 9 heteroatoms. The van der Waals surface area contributed by atoms with Gasteiger partial charge in [0.2, 0.25) is 5.91 Å². The number of hydrogen-bond acceptors (Lipinski definition) is 5. The Labute approximate surface area is 126 Å². The minimum atomic E-state index is -1.38. The molecule has 1 atom stereocenters. The molecule has 0 aliphatic carbocycles. The van der Waals surface area contributed by atoms with Gasteiger partial charge in [0.1, 0.15) is 11.3 Å². The average Bonchev–Trinajstić information content (AvgIpc) is 2.44. The number of nitro groups is 1. The number of primary amides is 1. The summed E-state index contributed by atoms with van der Waals surface area (Å²) >= 11 is 0. The van der Waals surface area contributed by atoms with Crippen molar-refractivity contribution >= 4 is 17.7 Å². The molecule has 9 nitrogen and oxygen atoms in total. The van der Waals surface area contributed by atoms with Crippen LogP contribution in [0.25, 0.3) is 0 Å². The molecule has 0 aromatic rings. The molecule has 0 aromatic carbocycles. The van der Waals surface area contributed by atoms with Gasteiger partial charge in [-0.05, 0) is 12.8 Å². The third-order valence-corrected chi connectivity index (χ3v) is 3.88.